The van der Waals surface area contributed by atoms with E-state index >= 15 is 0 Å². The number of hydrogen-bond donors (Lipinski definition) is 1. The molecule has 3 heterocycles. The zero-order valence-electron chi connectivity index (χ0n) is 15.2. The second-order valence-corrected chi connectivity index (χ2v) is 6.57. The molecule has 0 spiro atoms. The van der Waals surface area contributed by atoms with Crippen molar-refractivity contribution in [3.05, 3.63) is 71.7 Å². The van der Waals surface area contributed by atoms with Gasteiger partial charge in [0.15, 0.2) is 5.65 Å². The molecule has 0 aliphatic rings. The van der Waals surface area contributed by atoms with Crippen molar-refractivity contribution in [2.24, 2.45) is 0 Å². The molecule has 4 aromatic rings. The van der Waals surface area contributed by atoms with Gasteiger partial charge in [0, 0.05) is 36.8 Å². The topological polar surface area (TPSA) is 55.1 Å². The van der Waals surface area contributed by atoms with E-state index in [-0.39, 0.29) is 0 Å². The largest absolute Gasteiger partial charge is 0.366 e. The molecule has 0 radical (unpaired) electrons. The summed E-state index contributed by atoms with van der Waals surface area (Å²) in [6.07, 6.45) is 5.50. The van der Waals surface area contributed by atoms with E-state index in [1.165, 1.54) is 16.7 Å². The summed E-state index contributed by atoms with van der Waals surface area (Å²) in [5.41, 5.74) is 7.64. The highest BCUT2D eigenvalue weighted by molar-refractivity contribution is 6.36. The molecule has 0 aliphatic carbocycles. The van der Waals surface area contributed by atoms with Crippen LogP contribution in [0.25, 0.3) is 16.9 Å². The van der Waals surface area contributed by atoms with E-state index in [2.05, 4.69) is 59.6 Å². The second-order valence-electron chi connectivity index (χ2n) is 6.57. The first kappa shape index (κ1) is 16.3. The molecule has 128 valence electrons. The van der Waals surface area contributed by atoms with Gasteiger partial charge in [0.1, 0.15) is 13.7 Å². The molecule has 3 aromatic heterocycles. The number of anilines is 1. The predicted octanol–water partition coefficient (Wildman–Crippen LogP) is 2.28. The second kappa shape index (κ2) is 6.63. The van der Waals surface area contributed by atoms with Crippen LogP contribution in [0.15, 0.2) is 55.0 Å². The Morgan fingerprint density at radius 3 is 2.62 bits per heavy atom. The minimum atomic E-state index is 0.679. The van der Waals surface area contributed by atoms with Crippen LogP contribution in [0.2, 0.25) is 0 Å². The Hall–Kier alpha value is -3.15. The molecule has 5 nitrogen and oxygen atoms in total. The molecular formula is C20H20BN5. The van der Waals surface area contributed by atoms with Gasteiger partial charge in [0.05, 0.1) is 5.69 Å². The van der Waals surface area contributed by atoms with Crippen LogP contribution in [0.3, 0.4) is 0 Å². The van der Waals surface area contributed by atoms with Crippen molar-refractivity contribution in [1.29, 1.82) is 0 Å². The lowest BCUT2D eigenvalue weighted by molar-refractivity contribution is 0.925. The maximum atomic E-state index is 4.89. The first-order chi connectivity index (χ1) is 12.6. The molecule has 0 unspecified atom stereocenters. The van der Waals surface area contributed by atoms with E-state index < -0.39 is 0 Å². The van der Waals surface area contributed by atoms with Gasteiger partial charge in [-0.1, -0.05) is 24.3 Å². The highest BCUT2D eigenvalue weighted by atomic mass is 15.3. The van der Waals surface area contributed by atoms with Crippen LogP contribution in [-0.2, 0) is 6.54 Å². The van der Waals surface area contributed by atoms with Crippen LogP contribution in [-0.4, -0.2) is 27.4 Å². The van der Waals surface area contributed by atoms with Crippen molar-refractivity contribution < 1.29 is 0 Å². The number of aryl methyl sites for hydroxylation is 2. The van der Waals surface area contributed by atoms with Gasteiger partial charge in [-0.2, -0.15) is 9.61 Å². The Morgan fingerprint density at radius 2 is 1.88 bits per heavy atom. The fourth-order valence-electron chi connectivity index (χ4n) is 3.24. The number of nitrogens with one attached hydrogen (secondary N) is 1. The van der Waals surface area contributed by atoms with Gasteiger partial charge in [-0.3, -0.25) is 4.98 Å². The normalized spacial score (nSPS) is 11.0. The van der Waals surface area contributed by atoms with E-state index in [0.29, 0.717) is 6.54 Å². The van der Waals surface area contributed by atoms with Crippen molar-refractivity contribution >= 4 is 24.8 Å². The average Bonchev–Trinajstić information content (AvgIpc) is 3.02. The number of hydrogen-bond acceptors (Lipinski definition) is 4. The molecule has 1 aromatic carbocycles. The minimum Gasteiger partial charge on any atom is -0.366 e. The minimum absolute atomic E-state index is 0.679. The summed E-state index contributed by atoms with van der Waals surface area (Å²) in [5.74, 6) is 0.921. The zero-order valence-corrected chi connectivity index (χ0v) is 15.2. The third-order valence-corrected chi connectivity index (χ3v) is 4.58. The quantitative estimate of drug-likeness (QED) is 0.579. The summed E-state index contributed by atoms with van der Waals surface area (Å²) in [7, 11) is 2.04. The summed E-state index contributed by atoms with van der Waals surface area (Å²) in [6.45, 7) is 4.93. The molecular weight excluding hydrogens is 321 g/mol. The lowest BCUT2D eigenvalue weighted by Crippen LogP contribution is -2.10. The number of pyridine rings is 1. The van der Waals surface area contributed by atoms with Crippen LogP contribution in [0.5, 0.6) is 0 Å². The third kappa shape index (κ3) is 2.94. The molecule has 0 aliphatic heterocycles. The first-order valence-corrected chi connectivity index (χ1v) is 8.68. The van der Waals surface area contributed by atoms with Crippen LogP contribution in [0, 0.1) is 13.8 Å². The Balaban J connectivity index is 1.82. The molecule has 4 rings (SSSR count). The van der Waals surface area contributed by atoms with Gasteiger partial charge >= 0.3 is 0 Å². The molecule has 0 saturated heterocycles. The highest BCUT2D eigenvalue weighted by Crippen LogP contribution is 2.28. The van der Waals surface area contributed by atoms with Gasteiger partial charge in [0.2, 0.25) is 0 Å². The summed E-state index contributed by atoms with van der Waals surface area (Å²) < 4.78 is 1.86. The summed E-state index contributed by atoms with van der Waals surface area (Å²) in [6, 6.07) is 12.4. The standard InChI is InChI=1S/C20H20BN5/c1-13-5-3-6-14(2)19(13)17-9-18(23-11-15-7-4-8-22-10-15)26-20(25-17)16(21)12-24-26/h3-10,12,23H,11,21H2,1-2H3. The smallest absolute Gasteiger partial charge is 0.151 e. The average molecular weight is 341 g/mol. The van der Waals surface area contributed by atoms with E-state index in [0.717, 1.165) is 28.2 Å². The van der Waals surface area contributed by atoms with Gasteiger partial charge in [-0.05, 0) is 42.1 Å². The molecule has 0 fully saturated rings. The monoisotopic (exact) mass is 341 g/mol. The molecule has 0 atom stereocenters. The maximum Gasteiger partial charge on any atom is 0.151 e. The Labute approximate surface area is 153 Å². The Kier molecular flexibility index (Phi) is 4.17. The third-order valence-electron chi connectivity index (χ3n) is 4.58. The van der Waals surface area contributed by atoms with Crippen molar-refractivity contribution in [3.8, 4) is 11.3 Å². The van der Waals surface area contributed by atoms with Crippen molar-refractivity contribution in [2.45, 2.75) is 20.4 Å². The summed E-state index contributed by atoms with van der Waals surface area (Å²) in [5, 5.41) is 7.97. The summed E-state index contributed by atoms with van der Waals surface area (Å²) in [4.78, 5) is 9.07. The maximum absolute atomic E-state index is 4.89. The van der Waals surface area contributed by atoms with Crippen molar-refractivity contribution in [2.75, 3.05) is 5.32 Å². The molecule has 0 amide bonds. The lowest BCUT2D eigenvalue weighted by Gasteiger charge is -2.14. The van der Waals surface area contributed by atoms with Crippen LogP contribution < -0.4 is 10.8 Å². The van der Waals surface area contributed by atoms with Crippen LogP contribution in [0.1, 0.15) is 16.7 Å². The van der Waals surface area contributed by atoms with Crippen molar-refractivity contribution in [3.63, 3.8) is 0 Å². The number of benzene rings is 1. The SMILES string of the molecule is Bc1cnn2c(NCc3cccnc3)cc(-c3c(C)cccc3C)nc12. The molecule has 26 heavy (non-hydrogen) atoms. The zero-order chi connectivity index (χ0) is 18.1. The predicted molar refractivity (Wildman–Crippen MR) is 108 cm³/mol. The van der Waals surface area contributed by atoms with E-state index in [1.807, 2.05) is 30.8 Å². The van der Waals surface area contributed by atoms with Crippen LogP contribution >= 0.6 is 0 Å². The fourth-order valence-corrected chi connectivity index (χ4v) is 3.24. The molecule has 1 N–H and O–H groups in total. The van der Waals surface area contributed by atoms with E-state index in [4.69, 9.17) is 4.98 Å². The van der Waals surface area contributed by atoms with E-state index in [1.54, 1.807) is 6.20 Å². The number of aromatic nitrogens is 4. The molecule has 6 heteroatoms. The number of fused-ring (bicyclic) bond motifs is 1. The highest BCUT2D eigenvalue weighted by Gasteiger charge is 2.13. The van der Waals surface area contributed by atoms with E-state index in [9.17, 15) is 0 Å². The fraction of sp³-hybridized carbons (Fsp3) is 0.150. The Bertz CT molecular complexity index is 1050. The van der Waals surface area contributed by atoms with Crippen LogP contribution in [0.4, 0.5) is 5.82 Å². The Morgan fingerprint density at radius 1 is 1.08 bits per heavy atom. The number of nitrogens with zero attached hydrogens (tertiary/aromatic N) is 4. The lowest BCUT2D eigenvalue weighted by atomic mass is 9.98. The number of rotatable bonds is 4. The van der Waals surface area contributed by atoms with Crippen molar-refractivity contribution in [1.82, 2.24) is 19.6 Å². The van der Waals surface area contributed by atoms with Gasteiger partial charge in [-0.25, -0.2) is 4.98 Å². The molecule has 0 bridgehead atoms. The van der Waals surface area contributed by atoms with Gasteiger partial charge in [0.25, 0.3) is 0 Å². The first-order valence-electron chi connectivity index (χ1n) is 8.68. The van der Waals surface area contributed by atoms with Gasteiger partial charge in [-0.15, -0.1) is 0 Å². The molecule has 0 saturated carbocycles. The van der Waals surface area contributed by atoms with Gasteiger partial charge < -0.3 is 5.32 Å². The summed E-state index contributed by atoms with van der Waals surface area (Å²) >= 11 is 0.